The van der Waals surface area contributed by atoms with Gasteiger partial charge in [0.25, 0.3) is 0 Å². The Hall–Kier alpha value is -1.65. The molecule has 8 atom stereocenters. The standard InChI is InChI=1S/C29H34Cl2O4/c1-17-14-23-22-11-10-20-15-21(33)12-13-26(20,3)28(22,31)24(30)16-27(23,4)29(17,18(2)32)35-25(34)19-8-6-5-7-9-19/h5-9,15,17,22-24H,10-14,16H2,1-4H3/t17-,22+,23+,24+,26+,27+,28+,29-/m1/s1. The Bertz CT molecular complexity index is 1110. The fourth-order valence-corrected chi connectivity index (χ4v) is 9.92. The Morgan fingerprint density at radius 2 is 1.77 bits per heavy atom. The number of Topliss-reactive ketones (excluding diaryl/α,β-unsaturated/α-hetero) is 1. The summed E-state index contributed by atoms with van der Waals surface area (Å²) in [6, 6.07) is 8.85. The molecule has 0 heterocycles. The van der Waals surface area contributed by atoms with E-state index in [1.54, 1.807) is 37.3 Å². The molecule has 0 unspecified atom stereocenters. The number of carbonyl (C=O) groups excluding carboxylic acids is 3. The molecule has 0 spiro atoms. The number of ether oxygens (including phenoxy) is 1. The van der Waals surface area contributed by atoms with E-state index in [9.17, 15) is 14.4 Å². The molecule has 3 saturated carbocycles. The van der Waals surface area contributed by atoms with Crippen LogP contribution in [-0.2, 0) is 14.3 Å². The van der Waals surface area contributed by atoms with Crippen molar-refractivity contribution in [2.45, 2.75) is 82.1 Å². The third-order valence-corrected chi connectivity index (χ3v) is 11.9. The van der Waals surface area contributed by atoms with Crippen molar-refractivity contribution < 1.29 is 19.1 Å². The molecule has 0 bridgehead atoms. The van der Waals surface area contributed by atoms with Crippen molar-refractivity contribution in [1.82, 2.24) is 0 Å². The van der Waals surface area contributed by atoms with Crippen LogP contribution in [0.2, 0.25) is 0 Å². The number of fused-ring (bicyclic) bond motifs is 5. The van der Waals surface area contributed by atoms with Gasteiger partial charge in [-0.05, 0) is 69.1 Å². The first-order valence-electron chi connectivity index (χ1n) is 12.8. The van der Waals surface area contributed by atoms with Gasteiger partial charge in [0, 0.05) is 23.2 Å². The predicted octanol–water partition coefficient (Wildman–Crippen LogP) is 6.53. The molecule has 0 aliphatic heterocycles. The van der Waals surface area contributed by atoms with Gasteiger partial charge in [-0.1, -0.05) is 44.5 Å². The van der Waals surface area contributed by atoms with E-state index >= 15 is 0 Å². The fourth-order valence-electron chi connectivity index (χ4n) is 8.64. The van der Waals surface area contributed by atoms with E-state index in [4.69, 9.17) is 27.9 Å². The molecule has 0 aromatic heterocycles. The second-order valence-corrected chi connectivity index (χ2v) is 12.9. The molecule has 188 valence electrons. The van der Waals surface area contributed by atoms with Crippen LogP contribution in [0.1, 0.15) is 76.6 Å². The number of allylic oxidation sites excluding steroid dienone is 1. The molecule has 4 aliphatic rings. The maximum Gasteiger partial charge on any atom is 0.339 e. The SMILES string of the molecule is CC(=O)[C@]1(OC(=O)c2ccccc2)[C@H](C)C[C@H]2[C@@H]3CCC4=CC(=O)CC[C@]4(C)[C@@]3(Cl)[C@@H](Cl)C[C@@]21C. The average Bonchev–Trinajstić information content (AvgIpc) is 3.03. The average molecular weight is 517 g/mol. The molecule has 3 fully saturated rings. The zero-order chi connectivity index (χ0) is 25.4. The van der Waals surface area contributed by atoms with E-state index in [-0.39, 0.29) is 34.7 Å². The van der Waals surface area contributed by atoms with Crippen LogP contribution in [0.25, 0.3) is 0 Å². The largest absolute Gasteiger partial charge is 0.447 e. The molecular formula is C29H34Cl2O4. The van der Waals surface area contributed by atoms with Crippen LogP contribution < -0.4 is 0 Å². The van der Waals surface area contributed by atoms with Gasteiger partial charge in [0.05, 0.1) is 15.8 Å². The van der Waals surface area contributed by atoms with Crippen molar-refractivity contribution >= 4 is 40.7 Å². The second kappa shape index (κ2) is 8.18. The van der Waals surface area contributed by atoms with Crippen molar-refractivity contribution in [3.05, 3.63) is 47.5 Å². The van der Waals surface area contributed by atoms with Gasteiger partial charge in [0.15, 0.2) is 17.2 Å². The van der Waals surface area contributed by atoms with E-state index in [2.05, 4.69) is 13.8 Å². The Kier molecular flexibility index (Phi) is 5.85. The highest BCUT2D eigenvalue weighted by molar-refractivity contribution is 6.33. The molecule has 0 radical (unpaired) electrons. The van der Waals surface area contributed by atoms with Crippen LogP contribution in [0.3, 0.4) is 0 Å². The Balaban J connectivity index is 1.59. The zero-order valence-electron chi connectivity index (χ0n) is 20.9. The number of alkyl halides is 2. The summed E-state index contributed by atoms with van der Waals surface area (Å²) in [5.41, 5.74) is -0.724. The lowest BCUT2D eigenvalue weighted by atomic mass is 9.45. The van der Waals surface area contributed by atoms with Crippen LogP contribution in [0.5, 0.6) is 0 Å². The summed E-state index contributed by atoms with van der Waals surface area (Å²) in [4.78, 5) is 38.3. The number of hydrogen-bond donors (Lipinski definition) is 0. The minimum atomic E-state index is -1.27. The number of carbonyl (C=O) groups is 3. The Morgan fingerprint density at radius 3 is 2.43 bits per heavy atom. The molecule has 4 aliphatic carbocycles. The van der Waals surface area contributed by atoms with Crippen molar-refractivity contribution in [2.24, 2.45) is 28.6 Å². The van der Waals surface area contributed by atoms with E-state index in [1.165, 1.54) is 0 Å². The molecule has 4 nitrogen and oxygen atoms in total. The first-order valence-corrected chi connectivity index (χ1v) is 13.6. The maximum atomic E-state index is 13.5. The van der Waals surface area contributed by atoms with Gasteiger partial charge >= 0.3 is 5.97 Å². The maximum absolute atomic E-state index is 13.5. The molecule has 35 heavy (non-hydrogen) atoms. The van der Waals surface area contributed by atoms with Crippen LogP contribution in [0, 0.1) is 28.6 Å². The quantitative estimate of drug-likeness (QED) is 0.338. The molecule has 5 rings (SSSR count). The highest BCUT2D eigenvalue weighted by Crippen LogP contribution is 2.73. The minimum absolute atomic E-state index is 0.0554. The van der Waals surface area contributed by atoms with Crippen molar-refractivity contribution in [1.29, 1.82) is 0 Å². The second-order valence-electron chi connectivity index (χ2n) is 11.8. The summed E-state index contributed by atoms with van der Waals surface area (Å²) in [5.74, 6) is -0.469. The van der Waals surface area contributed by atoms with E-state index < -0.39 is 27.2 Å². The molecule has 1 aromatic rings. The summed E-state index contributed by atoms with van der Waals surface area (Å²) in [6.07, 6.45) is 5.82. The number of halogens is 2. The van der Waals surface area contributed by atoms with Crippen LogP contribution in [0.4, 0.5) is 0 Å². The van der Waals surface area contributed by atoms with Gasteiger partial charge in [-0.15, -0.1) is 23.2 Å². The van der Waals surface area contributed by atoms with Crippen molar-refractivity contribution in [3.8, 4) is 0 Å². The van der Waals surface area contributed by atoms with Gasteiger partial charge in [-0.2, -0.15) is 0 Å². The summed E-state index contributed by atoms with van der Waals surface area (Å²) in [5, 5.41) is -0.434. The number of rotatable bonds is 3. The van der Waals surface area contributed by atoms with Gasteiger partial charge in [0.2, 0.25) is 0 Å². The molecule has 6 heteroatoms. The van der Waals surface area contributed by atoms with Gasteiger partial charge in [-0.3, -0.25) is 9.59 Å². The number of esters is 1. The van der Waals surface area contributed by atoms with Crippen LogP contribution in [0.15, 0.2) is 42.0 Å². The predicted molar refractivity (Wildman–Crippen MR) is 137 cm³/mol. The molecule has 0 N–H and O–H groups in total. The van der Waals surface area contributed by atoms with E-state index in [0.29, 0.717) is 24.8 Å². The zero-order valence-corrected chi connectivity index (χ0v) is 22.4. The number of benzene rings is 1. The third kappa shape index (κ3) is 3.14. The van der Waals surface area contributed by atoms with Crippen molar-refractivity contribution in [3.63, 3.8) is 0 Å². The Labute approximate surface area is 217 Å². The first kappa shape index (κ1) is 25.0. The topological polar surface area (TPSA) is 60.4 Å². The highest BCUT2D eigenvalue weighted by atomic mass is 35.5. The lowest BCUT2D eigenvalue weighted by molar-refractivity contribution is -0.165. The van der Waals surface area contributed by atoms with E-state index in [1.807, 2.05) is 13.0 Å². The van der Waals surface area contributed by atoms with Crippen LogP contribution in [-0.4, -0.2) is 33.4 Å². The number of ketones is 2. The first-order chi connectivity index (χ1) is 16.4. The smallest absolute Gasteiger partial charge is 0.339 e. The van der Waals surface area contributed by atoms with Gasteiger partial charge in [-0.25, -0.2) is 4.79 Å². The summed E-state index contributed by atoms with van der Waals surface area (Å²) in [6.45, 7) is 7.83. The van der Waals surface area contributed by atoms with Crippen molar-refractivity contribution in [2.75, 3.05) is 0 Å². The lowest BCUT2D eigenvalue weighted by Crippen LogP contribution is -2.68. The van der Waals surface area contributed by atoms with Gasteiger partial charge in [0.1, 0.15) is 0 Å². The third-order valence-electron chi connectivity index (χ3n) is 10.3. The monoisotopic (exact) mass is 516 g/mol. The fraction of sp³-hybridized carbons (Fsp3) is 0.621. The molecule has 0 saturated heterocycles. The molecule has 1 aromatic carbocycles. The molecule has 0 amide bonds. The van der Waals surface area contributed by atoms with Crippen LogP contribution >= 0.6 is 23.2 Å². The van der Waals surface area contributed by atoms with E-state index in [0.717, 1.165) is 24.8 Å². The lowest BCUT2D eigenvalue weighted by Gasteiger charge is -2.65. The normalized spacial score (nSPS) is 44.5. The highest BCUT2D eigenvalue weighted by Gasteiger charge is 2.75. The summed E-state index contributed by atoms with van der Waals surface area (Å²) in [7, 11) is 0. The summed E-state index contributed by atoms with van der Waals surface area (Å²) < 4.78 is 6.29. The van der Waals surface area contributed by atoms with Gasteiger partial charge < -0.3 is 4.74 Å². The summed E-state index contributed by atoms with van der Waals surface area (Å²) >= 11 is 14.9. The molecular weight excluding hydrogens is 483 g/mol. The number of hydrogen-bond acceptors (Lipinski definition) is 4. The Morgan fingerprint density at radius 1 is 1.09 bits per heavy atom. The minimum Gasteiger partial charge on any atom is -0.447 e.